The van der Waals surface area contributed by atoms with E-state index in [0.29, 0.717) is 12.8 Å². The zero-order valence-corrected chi connectivity index (χ0v) is 11.5. The summed E-state index contributed by atoms with van der Waals surface area (Å²) in [6.45, 7) is 4.23. The second-order valence-electron chi connectivity index (χ2n) is 5.32. The highest BCUT2D eigenvalue weighted by atomic mass is 16.4. The molecule has 1 aliphatic carbocycles. The number of urea groups is 1. The number of nitrogens with one attached hydrogen (secondary N) is 1. The molecule has 0 heterocycles. The zero-order chi connectivity index (χ0) is 13.8. The molecule has 1 fully saturated rings. The van der Waals surface area contributed by atoms with Crippen molar-refractivity contribution in [1.82, 2.24) is 10.2 Å². The first kappa shape index (κ1) is 14.8. The molecule has 2 N–H and O–H groups in total. The minimum atomic E-state index is -0.786. The van der Waals surface area contributed by atoms with Gasteiger partial charge in [-0.05, 0) is 26.2 Å². The van der Waals surface area contributed by atoms with E-state index in [1.54, 1.807) is 11.9 Å². The third kappa shape index (κ3) is 3.15. The number of rotatable bonds is 5. The largest absolute Gasteiger partial charge is 0.481 e. The Balaban J connectivity index is 2.53. The Morgan fingerprint density at radius 1 is 1.39 bits per heavy atom. The van der Waals surface area contributed by atoms with Gasteiger partial charge in [0.25, 0.3) is 0 Å². The Bertz CT molecular complexity index is 311. The van der Waals surface area contributed by atoms with Crippen molar-refractivity contribution in [2.75, 3.05) is 13.6 Å². The van der Waals surface area contributed by atoms with Crippen molar-refractivity contribution in [2.45, 2.75) is 52.0 Å². The van der Waals surface area contributed by atoms with Gasteiger partial charge in [-0.25, -0.2) is 4.79 Å². The first-order chi connectivity index (χ1) is 8.43. The molecule has 0 aromatic rings. The zero-order valence-electron chi connectivity index (χ0n) is 11.5. The fourth-order valence-electron chi connectivity index (χ4n) is 2.36. The fourth-order valence-corrected chi connectivity index (χ4v) is 2.36. The van der Waals surface area contributed by atoms with Crippen molar-refractivity contribution in [3.05, 3.63) is 0 Å². The Labute approximate surface area is 109 Å². The van der Waals surface area contributed by atoms with E-state index in [4.69, 9.17) is 0 Å². The lowest BCUT2D eigenvalue weighted by Crippen LogP contribution is -2.47. The van der Waals surface area contributed by atoms with E-state index in [-0.39, 0.29) is 18.6 Å². The molecule has 0 aromatic heterocycles. The van der Waals surface area contributed by atoms with Crippen LogP contribution in [0.2, 0.25) is 0 Å². The molecule has 0 bridgehead atoms. The van der Waals surface area contributed by atoms with E-state index in [1.165, 1.54) is 0 Å². The molecule has 5 nitrogen and oxygen atoms in total. The normalized spacial score (nSPS) is 19.3. The molecule has 0 radical (unpaired) electrons. The van der Waals surface area contributed by atoms with Gasteiger partial charge in [0.15, 0.2) is 0 Å². The highest BCUT2D eigenvalue weighted by molar-refractivity contribution is 5.78. The number of carbonyl (C=O) groups excluding carboxylic acids is 1. The van der Waals surface area contributed by atoms with Crippen LogP contribution in [-0.4, -0.2) is 41.6 Å². The molecule has 0 aromatic carbocycles. The number of hydrogen-bond donors (Lipinski definition) is 2. The number of carboxylic acid groups (broad SMARTS) is 1. The van der Waals surface area contributed by atoms with Gasteiger partial charge in [0.1, 0.15) is 0 Å². The van der Waals surface area contributed by atoms with Crippen LogP contribution < -0.4 is 5.32 Å². The Morgan fingerprint density at radius 2 is 1.94 bits per heavy atom. The van der Waals surface area contributed by atoms with E-state index in [1.807, 2.05) is 13.8 Å². The van der Waals surface area contributed by atoms with Crippen LogP contribution in [0.15, 0.2) is 0 Å². The molecule has 18 heavy (non-hydrogen) atoms. The number of carboxylic acids is 1. The molecule has 0 spiro atoms. The minimum Gasteiger partial charge on any atom is -0.481 e. The standard InChI is InChI=1S/C13H24N2O3/c1-4-10(2)15(3)12(18)14-9-13(11(16)17)7-5-6-8-13/h10H,4-9H2,1-3H3,(H,14,18)(H,16,17). The number of aliphatic carboxylic acids is 1. The lowest BCUT2D eigenvalue weighted by atomic mass is 9.86. The first-order valence-electron chi connectivity index (χ1n) is 6.67. The second kappa shape index (κ2) is 6.07. The van der Waals surface area contributed by atoms with Crippen LogP contribution in [0.5, 0.6) is 0 Å². The predicted molar refractivity (Wildman–Crippen MR) is 69.5 cm³/mol. The van der Waals surface area contributed by atoms with Crippen molar-refractivity contribution in [3.63, 3.8) is 0 Å². The summed E-state index contributed by atoms with van der Waals surface area (Å²) >= 11 is 0. The summed E-state index contributed by atoms with van der Waals surface area (Å²) in [6, 6.07) is -0.0220. The van der Waals surface area contributed by atoms with Crippen LogP contribution in [0.3, 0.4) is 0 Å². The molecule has 5 heteroatoms. The second-order valence-corrected chi connectivity index (χ2v) is 5.32. The van der Waals surface area contributed by atoms with Crippen molar-refractivity contribution < 1.29 is 14.7 Å². The summed E-state index contributed by atoms with van der Waals surface area (Å²) < 4.78 is 0. The van der Waals surface area contributed by atoms with Crippen LogP contribution in [-0.2, 0) is 4.79 Å². The average molecular weight is 256 g/mol. The lowest BCUT2D eigenvalue weighted by molar-refractivity contribution is -0.148. The molecular weight excluding hydrogens is 232 g/mol. The summed E-state index contributed by atoms with van der Waals surface area (Å²) in [5, 5.41) is 12.1. The number of nitrogens with zero attached hydrogens (tertiary/aromatic N) is 1. The number of carbonyl (C=O) groups is 2. The van der Waals surface area contributed by atoms with E-state index in [0.717, 1.165) is 19.3 Å². The van der Waals surface area contributed by atoms with Gasteiger partial charge in [-0.2, -0.15) is 0 Å². The van der Waals surface area contributed by atoms with E-state index in [9.17, 15) is 14.7 Å². The monoisotopic (exact) mass is 256 g/mol. The van der Waals surface area contributed by atoms with Crippen LogP contribution in [0.25, 0.3) is 0 Å². The quantitative estimate of drug-likeness (QED) is 0.791. The van der Waals surface area contributed by atoms with Gasteiger partial charge >= 0.3 is 12.0 Å². The lowest BCUT2D eigenvalue weighted by Gasteiger charge is -2.28. The van der Waals surface area contributed by atoms with Gasteiger partial charge in [0.2, 0.25) is 0 Å². The molecule has 1 aliphatic rings. The number of hydrogen-bond acceptors (Lipinski definition) is 2. The van der Waals surface area contributed by atoms with Gasteiger partial charge in [0.05, 0.1) is 5.41 Å². The van der Waals surface area contributed by atoms with Crippen LogP contribution in [0.4, 0.5) is 4.79 Å². The van der Waals surface area contributed by atoms with Crippen molar-refractivity contribution >= 4 is 12.0 Å². The topological polar surface area (TPSA) is 69.6 Å². The van der Waals surface area contributed by atoms with E-state index < -0.39 is 11.4 Å². The molecule has 1 atom stereocenters. The van der Waals surface area contributed by atoms with Gasteiger partial charge < -0.3 is 15.3 Å². The summed E-state index contributed by atoms with van der Waals surface area (Å²) in [7, 11) is 1.74. The summed E-state index contributed by atoms with van der Waals surface area (Å²) in [4.78, 5) is 24.8. The Morgan fingerprint density at radius 3 is 2.39 bits per heavy atom. The maximum Gasteiger partial charge on any atom is 0.317 e. The van der Waals surface area contributed by atoms with Crippen molar-refractivity contribution in [1.29, 1.82) is 0 Å². The van der Waals surface area contributed by atoms with Crippen molar-refractivity contribution in [3.8, 4) is 0 Å². The molecule has 0 saturated heterocycles. The minimum absolute atomic E-state index is 0.161. The van der Waals surface area contributed by atoms with Gasteiger partial charge in [0, 0.05) is 19.6 Å². The fraction of sp³-hybridized carbons (Fsp3) is 0.846. The molecule has 1 unspecified atom stereocenters. The van der Waals surface area contributed by atoms with Gasteiger partial charge in [-0.15, -0.1) is 0 Å². The summed E-state index contributed by atoms with van der Waals surface area (Å²) in [5.74, 6) is -0.786. The molecule has 104 valence electrons. The van der Waals surface area contributed by atoms with Crippen LogP contribution in [0, 0.1) is 5.41 Å². The third-order valence-corrected chi connectivity index (χ3v) is 4.16. The van der Waals surface area contributed by atoms with E-state index >= 15 is 0 Å². The maximum atomic E-state index is 11.9. The van der Waals surface area contributed by atoms with E-state index in [2.05, 4.69) is 5.32 Å². The molecular formula is C13H24N2O3. The Hall–Kier alpha value is -1.26. The molecule has 2 amide bonds. The highest BCUT2D eigenvalue weighted by Gasteiger charge is 2.41. The van der Waals surface area contributed by atoms with Gasteiger partial charge in [-0.3, -0.25) is 4.79 Å². The number of amides is 2. The Kier molecular flexibility index (Phi) is 4.99. The first-order valence-corrected chi connectivity index (χ1v) is 6.67. The van der Waals surface area contributed by atoms with Crippen LogP contribution in [0.1, 0.15) is 46.0 Å². The van der Waals surface area contributed by atoms with Gasteiger partial charge in [-0.1, -0.05) is 19.8 Å². The molecule has 1 saturated carbocycles. The molecule has 1 rings (SSSR count). The predicted octanol–water partition coefficient (Wildman–Crippen LogP) is 2.07. The smallest absolute Gasteiger partial charge is 0.317 e. The van der Waals surface area contributed by atoms with Crippen LogP contribution >= 0.6 is 0 Å². The maximum absolute atomic E-state index is 11.9. The van der Waals surface area contributed by atoms with Crippen molar-refractivity contribution in [2.24, 2.45) is 5.41 Å². The molecule has 0 aliphatic heterocycles. The summed E-state index contributed by atoms with van der Waals surface area (Å²) in [6.07, 6.45) is 4.08. The third-order valence-electron chi connectivity index (χ3n) is 4.16. The highest BCUT2D eigenvalue weighted by Crippen LogP contribution is 2.37. The average Bonchev–Trinajstić information content (AvgIpc) is 2.84. The summed E-state index contributed by atoms with van der Waals surface area (Å²) in [5.41, 5.74) is -0.744. The SMILES string of the molecule is CCC(C)N(C)C(=O)NCC1(C(=O)O)CCCC1.